The molecule has 2 aromatic rings. The van der Waals surface area contributed by atoms with Gasteiger partial charge in [-0.25, -0.2) is 14.4 Å². The van der Waals surface area contributed by atoms with E-state index in [1.54, 1.807) is 31.5 Å². The van der Waals surface area contributed by atoms with Crippen LogP contribution in [0.2, 0.25) is 0 Å². The van der Waals surface area contributed by atoms with Crippen LogP contribution in [-0.2, 0) is 12.0 Å². The first-order chi connectivity index (χ1) is 8.08. The number of aromatic nitrogens is 2. The standard InChI is InChI=1S/C13H13FN2O/c1-13(17,11-7-15-9-16-8-11)6-10-2-4-12(14)5-3-10/h2-5,7-9,17H,6H2,1H3. The molecule has 1 aromatic carbocycles. The van der Waals surface area contributed by atoms with Crippen molar-refractivity contribution in [1.82, 2.24) is 9.97 Å². The third-order valence-electron chi connectivity index (χ3n) is 2.64. The van der Waals surface area contributed by atoms with Gasteiger partial charge in [0.1, 0.15) is 12.1 Å². The van der Waals surface area contributed by atoms with Crippen molar-refractivity contribution in [2.24, 2.45) is 0 Å². The molecule has 0 fully saturated rings. The maximum atomic E-state index is 12.8. The molecule has 0 aliphatic carbocycles. The number of hydrogen-bond acceptors (Lipinski definition) is 3. The minimum atomic E-state index is -1.06. The molecule has 1 N–H and O–H groups in total. The Bertz CT molecular complexity index is 483. The molecule has 17 heavy (non-hydrogen) atoms. The van der Waals surface area contributed by atoms with Crippen molar-refractivity contribution in [1.29, 1.82) is 0 Å². The van der Waals surface area contributed by atoms with Gasteiger partial charge < -0.3 is 5.11 Å². The average molecular weight is 232 g/mol. The first-order valence-electron chi connectivity index (χ1n) is 5.30. The number of benzene rings is 1. The number of halogens is 1. The van der Waals surface area contributed by atoms with Crippen molar-refractivity contribution in [2.45, 2.75) is 18.9 Å². The Morgan fingerprint density at radius 3 is 2.35 bits per heavy atom. The van der Waals surface area contributed by atoms with Crippen LogP contribution in [-0.4, -0.2) is 15.1 Å². The summed E-state index contributed by atoms with van der Waals surface area (Å²) >= 11 is 0. The Labute approximate surface area is 99.0 Å². The van der Waals surface area contributed by atoms with E-state index < -0.39 is 5.60 Å². The number of rotatable bonds is 3. The monoisotopic (exact) mass is 232 g/mol. The Balaban J connectivity index is 2.20. The van der Waals surface area contributed by atoms with Gasteiger partial charge in [0.25, 0.3) is 0 Å². The second-order valence-electron chi connectivity index (χ2n) is 4.20. The summed E-state index contributed by atoms with van der Waals surface area (Å²) in [6.45, 7) is 1.69. The molecule has 0 saturated heterocycles. The molecule has 88 valence electrons. The van der Waals surface area contributed by atoms with Crippen molar-refractivity contribution in [3.63, 3.8) is 0 Å². The summed E-state index contributed by atoms with van der Waals surface area (Å²) in [5.74, 6) is -0.281. The second kappa shape index (κ2) is 4.59. The zero-order chi connectivity index (χ0) is 12.3. The number of nitrogens with zero attached hydrogens (tertiary/aromatic N) is 2. The van der Waals surface area contributed by atoms with Crippen molar-refractivity contribution < 1.29 is 9.50 Å². The maximum Gasteiger partial charge on any atom is 0.123 e. The lowest BCUT2D eigenvalue weighted by Gasteiger charge is -2.23. The lowest BCUT2D eigenvalue weighted by atomic mass is 9.91. The quantitative estimate of drug-likeness (QED) is 0.881. The first kappa shape index (κ1) is 11.7. The van der Waals surface area contributed by atoms with E-state index in [1.807, 2.05) is 0 Å². The van der Waals surface area contributed by atoms with Crippen LogP contribution in [0.15, 0.2) is 43.0 Å². The van der Waals surface area contributed by atoms with Gasteiger partial charge in [0.15, 0.2) is 0 Å². The fraction of sp³-hybridized carbons (Fsp3) is 0.231. The van der Waals surface area contributed by atoms with E-state index in [0.29, 0.717) is 12.0 Å². The number of hydrogen-bond donors (Lipinski definition) is 1. The predicted octanol–water partition coefficient (Wildman–Crippen LogP) is 2.07. The molecular weight excluding hydrogens is 219 g/mol. The third kappa shape index (κ3) is 2.85. The van der Waals surface area contributed by atoms with Crippen molar-refractivity contribution >= 4 is 0 Å². The van der Waals surface area contributed by atoms with Crippen LogP contribution in [0.25, 0.3) is 0 Å². The van der Waals surface area contributed by atoms with Gasteiger partial charge in [-0.1, -0.05) is 12.1 Å². The molecule has 0 radical (unpaired) electrons. The Hall–Kier alpha value is -1.81. The molecule has 4 heteroatoms. The molecule has 0 aliphatic heterocycles. The van der Waals surface area contributed by atoms with Crippen molar-refractivity contribution in [2.75, 3.05) is 0 Å². The van der Waals surface area contributed by atoms with Gasteiger partial charge >= 0.3 is 0 Å². The zero-order valence-corrected chi connectivity index (χ0v) is 9.47. The summed E-state index contributed by atoms with van der Waals surface area (Å²) in [5.41, 5.74) is 0.448. The normalized spacial score (nSPS) is 14.3. The van der Waals surface area contributed by atoms with E-state index >= 15 is 0 Å². The lowest BCUT2D eigenvalue weighted by Crippen LogP contribution is -2.24. The van der Waals surface area contributed by atoms with Crippen molar-refractivity contribution in [3.8, 4) is 0 Å². The fourth-order valence-electron chi connectivity index (χ4n) is 1.68. The highest BCUT2D eigenvalue weighted by atomic mass is 19.1. The molecule has 1 heterocycles. The van der Waals surface area contributed by atoms with E-state index in [9.17, 15) is 9.50 Å². The second-order valence-corrected chi connectivity index (χ2v) is 4.20. The van der Waals surface area contributed by atoms with Crippen LogP contribution in [0.4, 0.5) is 4.39 Å². The smallest absolute Gasteiger partial charge is 0.123 e. The summed E-state index contributed by atoms with van der Waals surface area (Å²) < 4.78 is 12.8. The lowest BCUT2D eigenvalue weighted by molar-refractivity contribution is 0.0568. The van der Waals surface area contributed by atoms with Crippen LogP contribution >= 0.6 is 0 Å². The average Bonchev–Trinajstić information content (AvgIpc) is 2.33. The summed E-state index contributed by atoms with van der Waals surface area (Å²) in [5, 5.41) is 10.3. The Kier molecular flexibility index (Phi) is 3.15. The molecule has 0 saturated carbocycles. The third-order valence-corrected chi connectivity index (χ3v) is 2.64. The first-order valence-corrected chi connectivity index (χ1v) is 5.30. The fourth-order valence-corrected chi connectivity index (χ4v) is 1.68. The largest absolute Gasteiger partial charge is 0.385 e. The summed E-state index contributed by atoms with van der Waals surface area (Å²) in [4.78, 5) is 7.75. The SMILES string of the molecule is CC(O)(Cc1ccc(F)cc1)c1cncnc1. The van der Waals surface area contributed by atoms with Gasteiger partial charge in [-0.3, -0.25) is 0 Å². The molecule has 1 atom stereocenters. The van der Waals surface area contributed by atoms with E-state index in [4.69, 9.17) is 0 Å². The molecule has 0 amide bonds. The van der Waals surface area contributed by atoms with Gasteiger partial charge in [-0.2, -0.15) is 0 Å². The molecule has 1 aromatic heterocycles. The molecule has 3 nitrogen and oxygen atoms in total. The predicted molar refractivity (Wildman–Crippen MR) is 61.7 cm³/mol. The summed E-state index contributed by atoms with van der Waals surface area (Å²) in [7, 11) is 0. The van der Waals surface area contributed by atoms with Gasteiger partial charge in [0, 0.05) is 24.4 Å². The van der Waals surface area contributed by atoms with E-state index in [-0.39, 0.29) is 5.82 Å². The van der Waals surface area contributed by atoms with Crippen LogP contribution in [0.3, 0.4) is 0 Å². The van der Waals surface area contributed by atoms with Gasteiger partial charge in [-0.05, 0) is 24.6 Å². The molecule has 0 aliphatic rings. The molecule has 2 rings (SSSR count). The van der Waals surface area contributed by atoms with Gasteiger partial charge in [0.05, 0.1) is 5.60 Å². The van der Waals surface area contributed by atoms with Crippen LogP contribution in [0, 0.1) is 5.82 Å². The van der Waals surface area contributed by atoms with E-state index in [2.05, 4.69) is 9.97 Å². The Morgan fingerprint density at radius 2 is 1.76 bits per heavy atom. The van der Waals surface area contributed by atoms with Crippen LogP contribution < -0.4 is 0 Å². The highest BCUT2D eigenvalue weighted by molar-refractivity contribution is 5.22. The minimum absolute atomic E-state index is 0.281. The molecule has 1 unspecified atom stereocenters. The zero-order valence-electron chi connectivity index (χ0n) is 9.47. The van der Waals surface area contributed by atoms with E-state index in [0.717, 1.165) is 5.56 Å². The molecular formula is C13H13FN2O. The minimum Gasteiger partial charge on any atom is -0.385 e. The molecule has 0 spiro atoms. The van der Waals surface area contributed by atoms with E-state index in [1.165, 1.54) is 18.5 Å². The summed E-state index contributed by atoms with van der Waals surface area (Å²) in [6, 6.07) is 6.08. The summed E-state index contributed by atoms with van der Waals surface area (Å²) in [6.07, 6.45) is 4.96. The van der Waals surface area contributed by atoms with Crippen molar-refractivity contribution in [3.05, 3.63) is 59.9 Å². The highest BCUT2D eigenvalue weighted by Gasteiger charge is 2.24. The van der Waals surface area contributed by atoms with Crippen LogP contribution in [0.1, 0.15) is 18.1 Å². The van der Waals surface area contributed by atoms with Gasteiger partial charge in [-0.15, -0.1) is 0 Å². The van der Waals surface area contributed by atoms with Crippen LogP contribution in [0.5, 0.6) is 0 Å². The molecule has 0 bridgehead atoms. The Morgan fingerprint density at radius 1 is 1.18 bits per heavy atom. The maximum absolute atomic E-state index is 12.8. The number of aliphatic hydroxyl groups is 1. The highest BCUT2D eigenvalue weighted by Crippen LogP contribution is 2.23. The van der Waals surface area contributed by atoms with Gasteiger partial charge in [0.2, 0.25) is 0 Å². The topological polar surface area (TPSA) is 46.0 Å².